The quantitative estimate of drug-likeness (QED) is 0.286. The van der Waals surface area contributed by atoms with Gasteiger partial charge in [0.1, 0.15) is 0 Å². The number of hydrogen-bond acceptors (Lipinski definition) is 5. The Morgan fingerprint density at radius 2 is 1.72 bits per heavy atom. The van der Waals surface area contributed by atoms with Crippen LogP contribution in [0.1, 0.15) is 15.9 Å². The lowest BCUT2D eigenvalue weighted by molar-refractivity contribution is 0.0953. The molecule has 1 amide bonds. The fourth-order valence-corrected chi connectivity index (χ4v) is 1.66. The molecule has 1 aromatic carbocycles. The first-order valence-electron chi connectivity index (χ1n) is 5.75. The molecule has 0 radical (unpaired) electrons. The smallest absolute Gasteiger partial charge is 0.265 e. The van der Waals surface area contributed by atoms with E-state index in [4.69, 9.17) is 16.1 Å². The Bertz CT molecular complexity index is 361. The molecule has 0 aliphatic carbocycles. The van der Waals surface area contributed by atoms with Gasteiger partial charge >= 0.3 is 0 Å². The predicted octanol–water partition coefficient (Wildman–Crippen LogP) is -0.923. The van der Waals surface area contributed by atoms with E-state index < -0.39 is 0 Å². The highest BCUT2D eigenvalue weighted by Crippen LogP contribution is 2.07. The van der Waals surface area contributed by atoms with Gasteiger partial charge in [-0.2, -0.15) is 0 Å². The van der Waals surface area contributed by atoms with Crippen molar-refractivity contribution in [1.29, 1.82) is 0 Å². The minimum Gasteiger partial charge on any atom is -0.395 e. The van der Waals surface area contributed by atoms with E-state index in [2.05, 4.69) is 5.43 Å². The lowest BCUT2D eigenvalue weighted by Crippen LogP contribution is -2.30. The molecule has 0 aliphatic heterocycles. The van der Waals surface area contributed by atoms with Gasteiger partial charge in [0, 0.05) is 25.2 Å². The number of aliphatic hydroxyl groups excluding tert-OH is 2. The molecule has 0 spiro atoms. The van der Waals surface area contributed by atoms with Crippen molar-refractivity contribution in [1.82, 2.24) is 10.3 Å². The molecule has 5 N–H and O–H groups in total. The van der Waals surface area contributed by atoms with Crippen LogP contribution in [0.4, 0.5) is 0 Å². The number of aliphatic hydroxyl groups is 2. The van der Waals surface area contributed by atoms with Crippen LogP contribution >= 0.6 is 0 Å². The summed E-state index contributed by atoms with van der Waals surface area (Å²) in [6.45, 7) is 1.73. The van der Waals surface area contributed by atoms with Gasteiger partial charge in [-0.15, -0.1) is 0 Å². The van der Waals surface area contributed by atoms with E-state index in [0.29, 0.717) is 25.2 Å². The average molecular weight is 253 g/mol. The summed E-state index contributed by atoms with van der Waals surface area (Å²) in [5.41, 5.74) is 3.57. The molecular weight excluding hydrogens is 234 g/mol. The molecule has 0 aromatic heterocycles. The van der Waals surface area contributed by atoms with Gasteiger partial charge < -0.3 is 10.2 Å². The predicted molar refractivity (Wildman–Crippen MR) is 67.5 cm³/mol. The number of nitrogen functional groups attached to an aromatic ring is 1. The van der Waals surface area contributed by atoms with Gasteiger partial charge in [-0.05, 0) is 17.7 Å². The minimum atomic E-state index is -0.330. The second kappa shape index (κ2) is 7.78. The summed E-state index contributed by atoms with van der Waals surface area (Å²) >= 11 is 0. The summed E-state index contributed by atoms with van der Waals surface area (Å²) in [7, 11) is 0. The fourth-order valence-electron chi connectivity index (χ4n) is 1.66. The van der Waals surface area contributed by atoms with Gasteiger partial charge in [-0.25, -0.2) is 5.84 Å². The first-order chi connectivity index (χ1) is 8.71. The minimum absolute atomic E-state index is 0.0493. The van der Waals surface area contributed by atoms with E-state index in [1.807, 2.05) is 17.0 Å². The lowest BCUT2D eigenvalue weighted by Gasteiger charge is -2.20. The maximum atomic E-state index is 11.2. The van der Waals surface area contributed by atoms with Crippen LogP contribution in [0.25, 0.3) is 0 Å². The molecule has 0 atom stereocenters. The van der Waals surface area contributed by atoms with Crippen LogP contribution in [-0.4, -0.2) is 47.3 Å². The average Bonchev–Trinajstić information content (AvgIpc) is 2.39. The van der Waals surface area contributed by atoms with Crippen LogP contribution < -0.4 is 11.3 Å². The number of nitrogens with zero attached hydrogens (tertiary/aromatic N) is 1. The van der Waals surface area contributed by atoms with E-state index in [0.717, 1.165) is 5.56 Å². The Labute approximate surface area is 106 Å². The Hall–Kier alpha value is -1.47. The second-order valence-corrected chi connectivity index (χ2v) is 3.89. The van der Waals surface area contributed by atoms with Crippen molar-refractivity contribution in [3.05, 3.63) is 35.4 Å². The summed E-state index contributed by atoms with van der Waals surface area (Å²) in [4.78, 5) is 13.2. The monoisotopic (exact) mass is 253 g/mol. The highest BCUT2D eigenvalue weighted by molar-refractivity contribution is 5.93. The van der Waals surface area contributed by atoms with E-state index >= 15 is 0 Å². The molecule has 1 aromatic rings. The summed E-state index contributed by atoms with van der Waals surface area (Å²) in [6.07, 6.45) is 0. The van der Waals surface area contributed by atoms with E-state index in [1.54, 1.807) is 12.1 Å². The van der Waals surface area contributed by atoms with Crippen molar-refractivity contribution in [3.8, 4) is 0 Å². The molecule has 0 fully saturated rings. The second-order valence-electron chi connectivity index (χ2n) is 3.89. The highest BCUT2D eigenvalue weighted by atomic mass is 16.3. The van der Waals surface area contributed by atoms with Crippen LogP contribution in [0.2, 0.25) is 0 Å². The van der Waals surface area contributed by atoms with Crippen molar-refractivity contribution in [2.24, 2.45) is 5.84 Å². The first kappa shape index (κ1) is 14.6. The maximum absolute atomic E-state index is 11.2. The highest BCUT2D eigenvalue weighted by Gasteiger charge is 2.06. The SMILES string of the molecule is NNC(=O)c1ccc(CN(CCO)CCO)cc1. The third kappa shape index (κ3) is 4.42. The van der Waals surface area contributed by atoms with Gasteiger partial charge in [0.25, 0.3) is 5.91 Å². The summed E-state index contributed by atoms with van der Waals surface area (Å²) in [5, 5.41) is 17.8. The number of nitrogens with two attached hydrogens (primary N) is 1. The van der Waals surface area contributed by atoms with Crippen molar-refractivity contribution < 1.29 is 15.0 Å². The number of carbonyl (C=O) groups excluding carboxylic acids is 1. The van der Waals surface area contributed by atoms with Crippen molar-refractivity contribution in [2.75, 3.05) is 26.3 Å². The number of amides is 1. The van der Waals surface area contributed by atoms with Crippen molar-refractivity contribution >= 4 is 5.91 Å². The lowest BCUT2D eigenvalue weighted by atomic mass is 10.1. The fraction of sp³-hybridized carbons (Fsp3) is 0.417. The van der Waals surface area contributed by atoms with Gasteiger partial charge in [-0.1, -0.05) is 12.1 Å². The number of rotatable bonds is 7. The summed E-state index contributed by atoms with van der Waals surface area (Å²) in [5.74, 6) is 4.71. The number of hydrogen-bond donors (Lipinski definition) is 4. The number of benzene rings is 1. The molecule has 0 heterocycles. The molecule has 0 bridgehead atoms. The van der Waals surface area contributed by atoms with Crippen LogP contribution in [-0.2, 0) is 6.54 Å². The largest absolute Gasteiger partial charge is 0.395 e. The zero-order valence-corrected chi connectivity index (χ0v) is 10.2. The Kier molecular flexibility index (Phi) is 6.31. The van der Waals surface area contributed by atoms with E-state index in [-0.39, 0.29) is 19.1 Å². The molecule has 0 aliphatic rings. The standard InChI is InChI=1S/C12H19N3O3/c13-14-12(18)11-3-1-10(2-4-11)9-15(5-7-16)6-8-17/h1-4,16-17H,5-9,13H2,(H,14,18). The molecular formula is C12H19N3O3. The van der Waals surface area contributed by atoms with E-state index in [9.17, 15) is 4.79 Å². The Morgan fingerprint density at radius 3 is 2.17 bits per heavy atom. The maximum Gasteiger partial charge on any atom is 0.265 e. The topological polar surface area (TPSA) is 98.8 Å². The van der Waals surface area contributed by atoms with Gasteiger partial charge in [0.15, 0.2) is 0 Å². The number of hydrazine groups is 1. The van der Waals surface area contributed by atoms with Crippen LogP contribution in [0.5, 0.6) is 0 Å². The third-order valence-electron chi connectivity index (χ3n) is 2.59. The first-order valence-corrected chi connectivity index (χ1v) is 5.75. The van der Waals surface area contributed by atoms with Crippen LogP contribution in [0.3, 0.4) is 0 Å². The molecule has 100 valence electrons. The summed E-state index contributed by atoms with van der Waals surface area (Å²) in [6, 6.07) is 7.03. The molecule has 0 saturated heterocycles. The third-order valence-corrected chi connectivity index (χ3v) is 2.59. The van der Waals surface area contributed by atoms with Gasteiger partial charge in [-0.3, -0.25) is 15.1 Å². The van der Waals surface area contributed by atoms with Crippen molar-refractivity contribution in [3.63, 3.8) is 0 Å². The Balaban J connectivity index is 2.63. The van der Waals surface area contributed by atoms with Crippen LogP contribution in [0.15, 0.2) is 24.3 Å². The molecule has 1 rings (SSSR count). The van der Waals surface area contributed by atoms with Gasteiger partial charge in [0.2, 0.25) is 0 Å². The molecule has 18 heavy (non-hydrogen) atoms. The van der Waals surface area contributed by atoms with Crippen LogP contribution in [0, 0.1) is 0 Å². The van der Waals surface area contributed by atoms with Crippen molar-refractivity contribution in [2.45, 2.75) is 6.54 Å². The normalized spacial score (nSPS) is 10.7. The molecule has 6 nitrogen and oxygen atoms in total. The summed E-state index contributed by atoms with van der Waals surface area (Å²) < 4.78 is 0. The zero-order valence-electron chi connectivity index (χ0n) is 10.2. The molecule has 0 saturated carbocycles. The zero-order chi connectivity index (χ0) is 13.4. The molecule has 6 heteroatoms. The Morgan fingerprint density at radius 1 is 1.17 bits per heavy atom. The van der Waals surface area contributed by atoms with E-state index in [1.165, 1.54) is 0 Å². The number of nitrogens with one attached hydrogen (secondary N) is 1. The molecule has 0 unspecified atom stereocenters. The van der Waals surface area contributed by atoms with Gasteiger partial charge in [0.05, 0.1) is 13.2 Å². The number of carbonyl (C=O) groups is 1.